The molecule has 0 saturated heterocycles. The van der Waals surface area contributed by atoms with Crippen LogP contribution in [-0.4, -0.2) is 20.9 Å². The van der Waals surface area contributed by atoms with E-state index in [0.717, 1.165) is 5.39 Å². The van der Waals surface area contributed by atoms with Gasteiger partial charge in [0.25, 0.3) is 0 Å². The highest BCUT2D eigenvalue weighted by Gasteiger charge is 2.15. The van der Waals surface area contributed by atoms with Crippen LogP contribution in [0.4, 0.5) is 0 Å². The summed E-state index contributed by atoms with van der Waals surface area (Å²) < 4.78 is 7.15. The lowest BCUT2D eigenvalue weighted by molar-refractivity contribution is 0.0689. The Morgan fingerprint density at radius 2 is 2.16 bits per heavy atom. The number of hydrogen-bond donors (Lipinski definition) is 1. The highest BCUT2D eigenvalue weighted by atomic mass is 35.5. The Labute approximate surface area is 113 Å². The van der Waals surface area contributed by atoms with Gasteiger partial charge in [0.2, 0.25) is 0 Å². The van der Waals surface area contributed by atoms with E-state index in [1.165, 1.54) is 10.7 Å². The molecule has 2 aromatic heterocycles. The molecule has 0 aliphatic carbocycles. The van der Waals surface area contributed by atoms with E-state index in [-0.39, 0.29) is 5.69 Å². The first kappa shape index (κ1) is 11.8. The summed E-state index contributed by atoms with van der Waals surface area (Å²) in [5.74, 6) is -0.513. The third kappa shape index (κ3) is 1.98. The van der Waals surface area contributed by atoms with Gasteiger partial charge in [-0.2, -0.15) is 5.10 Å². The van der Waals surface area contributed by atoms with Crippen LogP contribution in [0, 0.1) is 0 Å². The minimum atomic E-state index is -1.07. The van der Waals surface area contributed by atoms with Gasteiger partial charge in [-0.25, -0.2) is 4.79 Å². The molecule has 0 amide bonds. The van der Waals surface area contributed by atoms with Crippen LogP contribution in [0.25, 0.3) is 22.4 Å². The molecule has 3 aromatic rings. The van der Waals surface area contributed by atoms with Crippen molar-refractivity contribution in [1.82, 2.24) is 9.78 Å². The fourth-order valence-corrected chi connectivity index (χ4v) is 2.10. The maximum atomic E-state index is 10.9. The summed E-state index contributed by atoms with van der Waals surface area (Å²) in [5.41, 5.74) is 1.24. The van der Waals surface area contributed by atoms with Gasteiger partial charge in [0, 0.05) is 29.6 Å². The Kier molecular flexibility index (Phi) is 2.57. The zero-order chi connectivity index (χ0) is 13.6. The molecule has 1 aromatic carbocycles. The van der Waals surface area contributed by atoms with Crippen LogP contribution in [0.5, 0.6) is 0 Å². The van der Waals surface area contributed by atoms with E-state index in [2.05, 4.69) is 5.10 Å². The summed E-state index contributed by atoms with van der Waals surface area (Å²) in [6, 6.07) is 8.64. The molecule has 0 bridgehead atoms. The molecule has 5 nitrogen and oxygen atoms in total. The number of carbonyl (C=O) groups is 1. The van der Waals surface area contributed by atoms with Crippen molar-refractivity contribution in [2.45, 2.75) is 0 Å². The first-order valence-corrected chi connectivity index (χ1v) is 5.89. The van der Waals surface area contributed by atoms with Crippen LogP contribution in [0.15, 0.2) is 34.7 Å². The van der Waals surface area contributed by atoms with E-state index in [9.17, 15) is 4.79 Å². The Morgan fingerprint density at radius 1 is 1.37 bits per heavy atom. The number of hydrogen-bond acceptors (Lipinski definition) is 3. The van der Waals surface area contributed by atoms with Gasteiger partial charge in [0.1, 0.15) is 11.3 Å². The topological polar surface area (TPSA) is 68.3 Å². The highest BCUT2D eigenvalue weighted by molar-refractivity contribution is 6.31. The van der Waals surface area contributed by atoms with E-state index in [0.29, 0.717) is 22.1 Å². The summed E-state index contributed by atoms with van der Waals surface area (Å²) in [7, 11) is 1.67. The van der Waals surface area contributed by atoms with Crippen molar-refractivity contribution < 1.29 is 14.3 Å². The zero-order valence-electron chi connectivity index (χ0n) is 9.92. The van der Waals surface area contributed by atoms with Crippen LogP contribution in [0.3, 0.4) is 0 Å². The number of halogens is 1. The van der Waals surface area contributed by atoms with E-state index in [1.54, 1.807) is 19.2 Å². The predicted molar refractivity (Wildman–Crippen MR) is 70.4 cm³/mol. The Hall–Kier alpha value is -2.27. The van der Waals surface area contributed by atoms with E-state index >= 15 is 0 Å². The van der Waals surface area contributed by atoms with Gasteiger partial charge >= 0.3 is 5.97 Å². The first-order chi connectivity index (χ1) is 9.04. The summed E-state index contributed by atoms with van der Waals surface area (Å²) in [6.07, 6.45) is 0. The van der Waals surface area contributed by atoms with Crippen molar-refractivity contribution in [3.8, 4) is 11.5 Å². The molecule has 0 aliphatic heterocycles. The van der Waals surface area contributed by atoms with Crippen molar-refractivity contribution in [2.24, 2.45) is 7.05 Å². The number of fused-ring (bicyclic) bond motifs is 1. The molecule has 0 fully saturated rings. The van der Waals surface area contributed by atoms with Crippen LogP contribution in [-0.2, 0) is 7.05 Å². The van der Waals surface area contributed by atoms with Gasteiger partial charge in [0.15, 0.2) is 11.5 Å². The highest BCUT2D eigenvalue weighted by Crippen LogP contribution is 2.29. The average molecular weight is 277 g/mol. The molecular weight excluding hydrogens is 268 g/mol. The second kappa shape index (κ2) is 4.13. The maximum Gasteiger partial charge on any atom is 0.356 e. The maximum absolute atomic E-state index is 10.9. The molecule has 0 atom stereocenters. The second-order valence-electron chi connectivity index (χ2n) is 4.14. The molecule has 0 radical (unpaired) electrons. The average Bonchev–Trinajstić information content (AvgIpc) is 2.91. The fraction of sp³-hybridized carbons (Fsp3) is 0.0769. The quantitative estimate of drug-likeness (QED) is 0.780. The molecular formula is C13H9ClN2O3. The van der Waals surface area contributed by atoms with E-state index in [1.807, 2.05) is 12.1 Å². The lowest BCUT2D eigenvalue weighted by atomic mass is 10.2. The lowest BCUT2D eigenvalue weighted by Gasteiger charge is -1.95. The summed E-state index contributed by atoms with van der Waals surface area (Å²) in [5, 5.41) is 14.3. The number of nitrogens with zero attached hydrogens (tertiary/aromatic N) is 2. The molecule has 6 heteroatoms. The Morgan fingerprint density at radius 3 is 2.84 bits per heavy atom. The minimum absolute atomic E-state index is 0.0176. The van der Waals surface area contributed by atoms with Crippen molar-refractivity contribution in [2.75, 3.05) is 0 Å². The zero-order valence-corrected chi connectivity index (χ0v) is 10.7. The van der Waals surface area contributed by atoms with Gasteiger partial charge in [-0.05, 0) is 18.2 Å². The molecule has 0 unspecified atom stereocenters. The molecule has 19 heavy (non-hydrogen) atoms. The van der Waals surface area contributed by atoms with Crippen molar-refractivity contribution >= 4 is 28.5 Å². The standard InChI is InChI=1S/C13H9ClN2O3/c1-16-10(6-9(15-16)13(17)18)12-4-7-2-3-8(14)5-11(7)19-12/h2-6H,1H3,(H,17,18). The molecule has 0 saturated carbocycles. The molecule has 0 spiro atoms. The fourth-order valence-electron chi connectivity index (χ4n) is 1.93. The van der Waals surface area contributed by atoms with E-state index in [4.69, 9.17) is 21.1 Å². The number of rotatable bonds is 2. The van der Waals surface area contributed by atoms with Crippen molar-refractivity contribution in [3.05, 3.63) is 41.0 Å². The predicted octanol–water partition coefficient (Wildman–Crippen LogP) is 3.18. The number of aromatic carboxylic acids is 1. The van der Waals surface area contributed by atoms with Crippen LogP contribution < -0.4 is 0 Å². The normalized spacial score (nSPS) is 11.1. The monoisotopic (exact) mass is 276 g/mol. The van der Waals surface area contributed by atoms with Gasteiger partial charge in [-0.3, -0.25) is 4.68 Å². The van der Waals surface area contributed by atoms with Crippen molar-refractivity contribution in [1.29, 1.82) is 0 Å². The third-order valence-corrected chi connectivity index (χ3v) is 3.07. The summed E-state index contributed by atoms with van der Waals surface area (Å²) in [4.78, 5) is 10.9. The third-order valence-electron chi connectivity index (χ3n) is 2.83. The number of aryl methyl sites for hydroxylation is 1. The Balaban J connectivity index is 2.16. The number of benzene rings is 1. The summed E-state index contributed by atoms with van der Waals surface area (Å²) in [6.45, 7) is 0. The molecule has 0 aliphatic rings. The molecule has 3 rings (SSSR count). The van der Waals surface area contributed by atoms with Gasteiger partial charge in [-0.15, -0.1) is 0 Å². The Bertz CT molecular complexity index is 788. The summed E-state index contributed by atoms with van der Waals surface area (Å²) >= 11 is 5.90. The van der Waals surface area contributed by atoms with Crippen LogP contribution in [0.2, 0.25) is 5.02 Å². The largest absolute Gasteiger partial charge is 0.476 e. The number of carboxylic acids is 1. The molecule has 1 N–H and O–H groups in total. The molecule has 2 heterocycles. The van der Waals surface area contributed by atoms with Gasteiger partial charge in [0.05, 0.1) is 0 Å². The number of aromatic nitrogens is 2. The van der Waals surface area contributed by atoms with Crippen molar-refractivity contribution in [3.63, 3.8) is 0 Å². The van der Waals surface area contributed by atoms with Gasteiger partial charge in [-0.1, -0.05) is 11.6 Å². The second-order valence-corrected chi connectivity index (χ2v) is 4.57. The molecule has 96 valence electrons. The van der Waals surface area contributed by atoms with Crippen LogP contribution in [0.1, 0.15) is 10.5 Å². The van der Waals surface area contributed by atoms with Crippen LogP contribution >= 0.6 is 11.6 Å². The number of carboxylic acid groups (broad SMARTS) is 1. The van der Waals surface area contributed by atoms with E-state index < -0.39 is 5.97 Å². The minimum Gasteiger partial charge on any atom is -0.476 e. The smallest absolute Gasteiger partial charge is 0.356 e. The number of furan rings is 1. The lowest BCUT2D eigenvalue weighted by Crippen LogP contribution is -1.99. The first-order valence-electron chi connectivity index (χ1n) is 5.51. The van der Waals surface area contributed by atoms with Gasteiger partial charge < -0.3 is 9.52 Å². The SMILES string of the molecule is Cn1nc(C(=O)O)cc1-c1cc2ccc(Cl)cc2o1.